The molecule has 196 valence electrons. The third kappa shape index (κ3) is 6.23. The van der Waals surface area contributed by atoms with Gasteiger partial charge in [-0.15, -0.1) is 0 Å². The van der Waals surface area contributed by atoms with Crippen molar-refractivity contribution in [2.24, 2.45) is 11.7 Å². The molecule has 2 fully saturated rings. The van der Waals surface area contributed by atoms with E-state index in [0.29, 0.717) is 44.0 Å². The number of hydrogen-bond donors (Lipinski definition) is 2. The molecule has 3 N–H and O–H groups in total. The predicted octanol–water partition coefficient (Wildman–Crippen LogP) is 3.71. The third-order valence-electron chi connectivity index (χ3n) is 6.05. The topological polar surface area (TPSA) is 129 Å². The van der Waals surface area contributed by atoms with E-state index in [4.69, 9.17) is 19.6 Å². The number of carbonyl (C=O) groups excluding carboxylic acids is 2. The number of likely N-dealkylation sites (tertiary alicyclic amines) is 1. The Labute approximate surface area is 207 Å². The van der Waals surface area contributed by atoms with E-state index < -0.39 is 24.7 Å². The van der Waals surface area contributed by atoms with Gasteiger partial charge in [0.25, 0.3) is 5.91 Å². The van der Waals surface area contributed by atoms with Crippen molar-refractivity contribution in [1.29, 1.82) is 0 Å². The molecular formula is C24H30F2N4O6. The number of hydrogen-bond acceptors (Lipinski definition) is 8. The van der Waals surface area contributed by atoms with Crippen LogP contribution in [0.15, 0.2) is 22.6 Å². The Bertz CT molecular complexity index is 1090. The Hall–Kier alpha value is -3.41. The maximum atomic E-state index is 13.1. The first-order valence-corrected chi connectivity index (χ1v) is 11.9. The van der Waals surface area contributed by atoms with E-state index in [0.717, 1.165) is 12.8 Å². The molecule has 0 spiro atoms. The second kappa shape index (κ2) is 11.1. The number of ether oxygens (including phenoxy) is 3. The molecule has 1 aliphatic heterocycles. The summed E-state index contributed by atoms with van der Waals surface area (Å²) < 4.78 is 46.6. The summed E-state index contributed by atoms with van der Waals surface area (Å²) in [7, 11) is 1.31. The molecule has 10 nitrogen and oxygen atoms in total. The number of oxazole rings is 1. The Morgan fingerprint density at radius 1 is 1.28 bits per heavy atom. The number of aromatic nitrogens is 1. The zero-order valence-corrected chi connectivity index (χ0v) is 20.2. The lowest BCUT2D eigenvalue weighted by atomic mass is 10.1. The van der Waals surface area contributed by atoms with Crippen LogP contribution in [-0.2, 0) is 4.74 Å². The number of carbonyl (C=O) groups is 2. The SMILES string of the molecule is COC(=O)N1CCCC(NC(=O)c2nc(-c3ccc(OC(F)F)c(OCC4CC4)c3)oc2[C@H](C)N)C1. The lowest BCUT2D eigenvalue weighted by molar-refractivity contribution is -0.0515. The van der Waals surface area contributed by atoms with Crippen molar-refractivity contribution >= 4 is 12.0 Å². The van der Waals surface area contributed by atoms with Gasteiger partial charge in [0.15, 0.2) is 23.0 Å². The average molecular weight is 509 g/mol. The van der Waals surface area contributed by atoms with E-state index in [-0.39, 0.29) is 34.9 Å². The first kappa shape index (κ1) is 25.7. The molecular weight excluding hydrogens is 478 g/mol. The molecule has 1 aromatic heterocycles. The number of alkyl halides is 2. The Kier molecular flexibility index (Phi) is 7.92. The second-order valence-electron chi connectivity index (χ2n) is 9.04. The molecule has 2 atom stereocenters. The van der Waals surface area contributed by atoms with Crippen molar-refractivity contribution in [3.63, 3.8) is 0 Å². The van der Waals surface area contributed by atoms with Crippen LogP contribution in [0.25, 0.3) is 11.5 Å². The monoisotopic (exact) mass is 508 g/mol. The zero-order chi connectivity index (χ0) is 25.8. The largest absolute Gasteiger partial charge is 0.489 e. The highest BCUT2D eigenvalue weighted by Gasteiger charge is 2.29. The van der Waals surface area contributed by atoms with Crippen molar-refractivity contribution in [3.05, 3.63) is 29.7 Å². The van der Waals surface area contributed by atoms with Crippen LogP contribution in [0.5, 0.6) is 11.5 Å². The fourth-order valence-electron chi connectivity index (χ4n) is 4.01. The maximum Gasteiger partial charge on any atom is 0.409 e. The molecule has 2 aromatic rings. The van der Waals surface area contributed by atoms with Crippen LogP contribution in [0.4, 0.5) is 13.6 Å². The van der Waals surface area contributed by atoms with Gasteiger partial charge in [0.2, 0.25) is 5.89 Å². The van der Waals surface area contributed by atoms with E-state index in [1.165, 1.54) is 30.2 Å². The minimum atomic E-state index is -3.00. The van der Waals surface area contributed by atoms with Gasteiger partial charge in [-0.3, -0.25) is 4.79 Å². The van der Waals surface area contributed by atoms with E-state index in [2.05, 4.69) is 15.0 Å². The normalized spacial score (nSPS) is 18.6. The van der Waals surface area contributed by atoms with Crippen molar-refractivity contribution in [2.45, 2.75) is 51.3 Å². The smallest absolute Gasteiger partial charge is 0.409 e. The molecule has 4 rings (SSSR count). The number of methoxy groups -OCH3 is 1. The number of nitrogens with zero attached hydrogens (tertiary/aromatic N) is 2. The van der Waals surface area contributed by atoms with Gasteiger partial charge >= 0.3 is 12.7 Å². The van der Waals surface area contributed by atoms with Crippen LogP contribution in [0, 0.1) is 5.92 Å². The van der Waals surface area contributed by atoms with E-state index in [1.807, 2.05) is 0 Å². The molecule has 0 radical (unpaired) electrons. The number of halogens is 2. The molecule has 1 unspecified atom stereocenters. The summed E-state index contributed by atoms with van der Waals surface area (Å²) in [6.07, 6.45) is 3.00. The van der Waals surface area contributed by atoms with Crippen molar-refractivity contribution < 1.29 is 37.0 Å². The number of nitrogens with two attached hydrogens (primary N) is 1. The number of piperidine rings is 1. The highest BCUT2D eigenvalue weighted by atomic mass is 19.3. The van der Waals surface area contributed by atoms with Gasteiger partial charge in [-0.05, 0) is 56.7 Å². The molecule has 36 heavy (non-hydrogen) atoms. The summed E-state index contributed by atoms with van der Waals surface area (Å²) in [6, 6.07) is 3.41. The molecule has 0 bridgehead atoms. The molecule has 2 amide bonds. The van der Waals surface area contributed by atoms with E-state index in [1.54, 1.807) is 6.92 Å². The minimum Gasteiger partial charge on any atom is -0.489 e. The van der Waals surface area contributed by atoms with Gasteiger partial charge in [-0.25, -0.2) is 9.78 Å². The molecule has 1 saturated carbocycles. The first-order chi connectivity index (χ1) is 17.2. The summed E-state index contributed by atoms with van der Waals surface area (Å²) >= 11 is 0. The Morgan fingerprint density at radius 2 is 2.06 bits per heavy atom. The van der Waals surface area contributed by atoms with Crippen LogP contribution in [0.3, 0.4) is 0 Å². The molecule has 1 saturated heterocycles. The van der Waals surface area contributed by atoms with E-state index in [9.17, 15) is 18.4 Å². The zero-order valence-electron chi connectivity index (χ0n) is 20.2. The Balaban J connectivity index is 1.55. The van der Waals surface area contributed by atoms with Crippen LogP contribution < -0.4 is 20.5 Å². The minimum absolute atomic E-state index is 0.0172. The molecule has 12 heteroatoms. The third-order valence-corrected chi connectivity index (χ3v) is 6.05. The van der Waals surface area contributed by atoms with Gasteiger partial charge in [0.1, 0.15) is 0 Å². The first-order valence-electron chi connectivity index (χ1n) is 11.9. The van der Waals surface area contributed by atoms with Gasteiger partial charge in [-0.1, -0.05) is 0 Å². The summed E-state index contributed by atoms with van der Waals surface area (Å²) in [5.41, 5.74) is 6.47. The number of benzene rings is 1. The predicted molar refractivity (Wildman–Crippen MR) is 124 cm³/mol. The molecule has 1 aliphatic carbocycles. The number of rotatable bonds is 9. The second-order valence-corrected chi connectivity index (χ2v) is 9.04. The summed E-state index contributed by atoms with van der Waals surface area (Å²) in [5.74, 6) is 0.209. The van der Waals surface area contributed by atoms with Crippen molar-refractivity contribution in [3.8, 4) is 23.0 Å². The average Bonchev–Trinajstić information content (AvgIpc) is 3.57. The summed E-state index contributed by atoms with van der Waals surface area (Å²) in [4.78, 5) is 30.9. The van der Waals surface area contributed by atoms with Crippen LogP contribution in [-0.4, -0.2) is 61.3 Å². The van der Waals surface area contributed by atoms with Crippen molar-refractivity contribution in [2.75, 3.05) is 26.8 Å². The standard InChI is InChI=1S/C24H30F2N4O6/c1-13(27)20-19(21(31)28-16-4-3-9-30(11-16)24(32)33-2)29-22(36-20)15-7-8-17(35-23(25)26)18(10-15)34-12-14-5-6-14/h7-8,10,13-14,16,23H,3-6,9,11-12,27H2,1-2H3,(H,28,31)/t13-,16?/m0/s1. The number of amides is 2. The van der Waals surface area contributed by atoms with Crippen molar-refractivity contribution in [1.82, 2.24) is 15.2 Å². The molecule has 2 heterocycles. The summed E-state index contributed by atoms with van der Waals surface area (Å²) in [5, 5.41) is 2.89. The molecule has 1 aromatic carbocycles. The Morgan fingerprint density at radius 3 is 2.72 bits per heavy atom. The van der Waals surface area contributed by atoms with Gasteiger partial charge in [-0.2, -0.15) is 8.78 Å². The highest BCUT2D eigenvalue weighted by molar-refractivity contribution is 5.94. The lowest BCUT2D eigenvalue weighted by Crippen LogP contribution is -2.49. The van der Waals surface area contributed by atoms with Gasteiger partial charge in [0, 0.05) is 24.7 Å². The highest BCUT2D eigenvalue weighted by Crippen LogP contribution is 2.37. The van der Waals surface area contributed by atoms with E-state index >= 15 is 0 Å². The molecule has 2 aliphatic rings. The van der Waals surface area contributed by atoms with Crippen LogP contribution >= 0.6 is 0 Å². The summed E-state index contributed by atoms with van der Waals surface area (Å²) in [6.45, 7) is -0.101. The fraction of sp³-hybridized carbons (Fsp3) is 0.542. The van der Waals surface area contributed by atoms with Gasteiger partial charge in [0.05, 0.1) is 19.8 Å². The maximum absolute atomic E-state index is 13.1. The lowest BCUT2D eigenvalue weighted by Gasteiger charge is -2.31. The number of nitrogens with one attached hydrogen (secondary N) is 1. The quantitative estimate of drug-likeness (QED) is 0.525. The van der Waals surface area contributed by atoms with Crippen LogP contribution in [0.2, 0.25) is 0 Å². The fourth-order valence-corrected chi connectivity index (χ4v) is 4.01. The van der Waals surface area contributed by atoms with Gasteiger partial charge < -0.3 is 34.6 Å². The van der Waals surface area contributed by atoms with Crippen LogP contribution in [0.1, 0.15) is 54.9 Å².